The van der Waals surface area contributed by atoms with Crippen molar-refractivity contribution >= 4 is 23.2 Å². The molecule has 2 unspecified atom stereocenters. The predicted octanol–water partition coefficient (Wildman–Crippen LogP) is 4.21. The first-order valence-corrected chi connectivity index (χ1v) is 7.11. The van der Waals surface area contributed by atoms with Gasteiger partial charge in [0, 0.05) is 34.3 Å². The van der Waals surface area contributed by atoms with Crippen LogP contribution in [0.3, 0.4) is 0 Å². The summed E-state index contributed by atoms with van der Waals surface area (Å²) in [5, 5.41) is 4.91. The molecule has 1 aromatic rings. The van der Waals surface area contributed by atoms with E-state index in [4.69, 9.17) is 27.9 Å². The normalized spacial score (nSPS) is 29.0. The van der Waals surface area contributed by atoms with E-state index < -0.39 is 0 Å². The summed E-state index contributed by atoms with van der Waals surface area (Å²) < 4.78 is 5.92. The van der Waals surface area contributed by atoms with Crippen LogP contribution in [-0.2, 0) is 4.74 Å². The molecule has 4 heteroatoms. The smallest absolute Gasteiger partial charge is 0.0963 e. The van der Waals surface area contributed by atoms with Gasteiger partial charge in [0.05, 0.1) is 6.10 Å². The van der Waals surface area contributed by atoms with Crippen LogP contribution < -0.4 is 5.32 Å². The van der Waals surface area contributed by atoms with Crippen LogP contribution in [-0.4, -0.2) is 18.7 Å². The molecule has 0 saturated carbocycles. The summed E-state index contributed by atoms with van der Waals surface area (Å²) in [5.41, 5.74) is 1.17. The second-order valence-electron chi connectivity index (χ2n) is 5.07. The van der Waals surface area contributed by atoms with Gasteiger partial charge in [0.2, 0.25) is 0 Å². The molecule has 1 N–H and O–H groups in total. The lowest BCUT2D eigenvalue weighted by atomic mass is 9.95. The van der Waals surface area contributed by atoms with E-state index in [9.17, 15) is 0 Å². The average Bonchev–Trinajstić information content (AvgIpc) is 2.53. The van der Waals surface area contributed by atoms with E-state index in [2.05, 4.69) is 19.2 Å². The number of halogens is 2. The van der Waals surface area contributed by atoms with Crippen LogP contribution in [0.15, 0.2) is 18.2 Å². The van der Waals surface area contributed by atoms with Gasteiger partial charge in [-0.05, 0) is 31.9 Å². The van der Waals surface area contributed by atoms with Gasteiger partial charge in [0.25, 0.3) is 0 Å². The van der Waals surface area contributed by atoms with Crippen molar-refractivity contribution in [3.63, 3.8) is 0 Å². The topological polar surface area (TPSA) is 21.3 Å². The predicted molar refractivity (Wildman–Crippen MR) is 76.5 cm³/mol. The number of nitrogens with one attached hydrogen (secondary N) is 1. The van der Waals surface area contributed by atoms with Gasteiger partial charge in [-0.1, -0.05) is 36.2 Å². The van der Waals surface area contributed by atoms with Crippen LogP contribution >= 0.6 is 23.2 Å². The molecule has 0 aromatic heterocycles. The fourth-order valence-electron chi connectivity index (χ4n) is 2.18. The lowest BCUT2D eigenvalue weighted by Gasteiger charge is -2.27. The molecule has 1 fully saturated rings. The standard InChI is InChI=1S/C14H19Cl2NO/c1-3-14(2)6-7-18-13(9-17-14)11-5-4-10(15)8-12(11)16/h4-5,8,13,17H,3,6-7,9H2,1-2H3. The minimum atomic E-state index is 0.00291. The first kappa shape index (κ1) is 14.1. The summed E-state index contributed by atoms with van der Waals surface area (Å²) in [6.45, 7) is 5.97. The SMILES string of the molecule is CCC1(C)CCOC(c2ccc(Cl)cc2Cl)CN1. The van der Waals surface area contributed by atoms with Gasteiger partial charge >= 0.3 is 0 Å². The van der Waals surface area contributed by atoms with E-state index in [1.807, 2.05) is 12.1 Å². The first-order chi connectivity index (χ1) is 8.54. The van der Waals surface area contributed by atoms with E-state index in [-0.39, 0.29) is 11.6 Å². The van der Waals surface area contributed by atoms with Crippen LogP contribution in [0.1, 0.15) is 38.4 Å². The molecule has 1 aromatic carbocycles. The van der Waals surface area contributed by atoms with Gasteiger partial charge < -0.3 is 10.1 Å². The molecule has 0 spiro atoms. The van der Waals surface area contributed by atoms with Gasteiger partial charge in [0.15, 0.2) is 0 Å². The van der Waals surface area contributed by atoms with Crippen LogP contribution in [0.5, 0.6) is 0 Å². The van der Waals surface area contributed by atoms with E-state index >= 15 is 0 Å². The third kappa shape index (κ3) is 3.18. The largest absolute Gasteiger partial charge is 0.372 e. The van der Waals surface area contributed by atoms with Gasteiger partial charge in [-0.2, -0.15) is 0 Å². The van der Waals surface area contributed by atoms with Gasteiger partial charge in [-0.15, -0.1) is 0 Å². The maximum Gasteiger partial charge on any atom is 0.0963 e. The molecule has 2 rings (SSSR count). The zero-order valence-corrected chi connectivity index (χ0v) is 12.3. The summed E-state index contributed by atoms with van der Waals surface area (Å²) in [5.74, 6) is 0. The molecule has 1 aliphatic rings. The Kier molecular flexibility index (Phi) is 4.54. The highest BCUT2D eigenvalue weighted by Gasteiger charge is 2.28. The molecule has 1 heterocycles. The summed E-state index contributed by atoms with van der Waals surface area (Å²) in [6, 6.07) is 5.58. The number of hydrogen-bond donors (Lipinski definition) is 1. The molecular weight excluding hydrogens is 269 g/mol. The molecule has 100 valence electrons. The van der Waals surface area contributed by atoms with Crippen LogP contribution in [0.25, 0.3) is 0 Å². The fraction of sp³-hybridized carbons (Fsp3) is 0.571. The highest BCUT2D eigenvalue weighted by molar-refractivity contribution is 6.35. The quantitative estimate of drug-likeness (QED) is 0.880. The summed E-state index contributed by atoms with van der Waals surface area (Å²) in [4.78, 5) is 0. The molecule has 1 aliphatic heterocycles. The van der Waals surface area contributed by atoms with Crippen molar-refractivity contribution in [3.8, 4) is 0 Å². The number of benzene rings is 1. The first-order valence-electron chi connectivity index (χ1n) is 6.36. The molecule has 0 bridgehead atoms. The molecule has 2 nitrogen and oxygen atoms in total. The summed E-state index contributed by atoms with van der Waals surface area (Å²) in [7, 11) is 0. The molecule has 1 saturated heterocycles. The maximum absolute atomic E-state index is 6.23. The molecule has 0 amide bonds. The van der Waals surface area contributed by atoms with E-state index in [0.29, 0.717) is 10.0 Å². The van der Waals surface area contributed by atoms with Crippen molar-refractivity contribution < 1.29 is 4.74 Å². The highest BCUT2D eigenvalue weighted by atomic mass is 35.5. The molecule has 18 heavy (non-hydrogen) atoms. The van der Waals surface area contributed by atoms with Crippen LogP contribution in [0, 0.1) is 0 Å². The Morgan fingerprint density at radius 2 is 2.22 bits per heavy atom. The minimum Gasteiger partial charge on any atom is -0.372 e. The van der Waals surface area contributed by atoms with E-state index in [1.54, 1.807) is 6.07 Å². The summed E-state index contributed by atoms with van der Waals surface area (Å²) in [6.07, 6.45) is 2.12. The Morgan fingerprint density at radius 1 is 1.44 bits per heavy atom. The van der Waals surface area contributed by atoms with Crippen molar-refractivity contribution in [2.75, 3.05) is 13.2 Å². The monoisotopic (exact) mass is 287 g/mol. The van der Waals surface area contributed by atoms with Crippen LogP contribution in [0.4, 0.5) is 0 Å². The Morgan fingerprint density at radius 3 is 2.89 bits per heavy atom. The second-order valence-corrected chi connectivity index (χ2v) is 5.91. The van der Waals surface area contributed by atoms with Crippen molar-refractivity contribution in [1.29, 1.82) is 0 Å². The summed E-state index contributed by atoms with van der Waals surface area (Å²) >= 11 is 12.1. The lowest BCUT2D eigenvalue weighted by molar-refractivity contribution is 0.0654. The van der Waals surface area contributed by atoms with Gasteiger partial charge in [-0.3, -0.25) is 0 Å². The molecule has 0 radical (unpaired) electrons. The number of rotatable bonds is 2. The van der Waals surface area contributed by atoms with Gasteiger partial charge in [0.1, 0.15) is 0 Å². The zero-order valence-electron chi connectivity index (χ0n) is 10.8. The van der Waals surface area contributed by atoms with Gasteiger partial charge in [-0.25, -0.2) is 0 Å². The average molecular weight is 288 g/mol. The maximum atomic E-state index is 6.23. The number of ether oxygens (including phenoxy) is 1. The highest BCUT2D eigenvalue weighted by Crippen LogP contribution is 2.31. The third-order valence-electron chi connectivity index (χ3n) is 3.78. The molecule has 2 atom stereocenters. The van der Waals surface area contributed by atoms with Crippen molar-refractivity contribution in [3.05, 3.63) is 33.8 Å². The Balaban J connectivity index is 2.15. The van der Waals surface area contributed by atoms with Crippen molar-refractivity contribution in [2.24, 2.45) is 0 Å². The fourth-order valence-corrected chi connectivity index (χ4v) is 2.71. The van der Waals surface area contributed by atoms with E-state index in [0.717, 1.165) is 31.6 Å². The number of hydrogen-bond acceptors (Lipinski definition) is 2. The minimum absolute atomic E-state index is 0.00291. The van der Waals surface area contributed by atoms with Crippen molar-refractivity contribution in [2.45, 2.75) is 38.3 Å². The molecule has 0 aliphatic carbocycles. The zero-order chi connectivity index (χ0) is 13.2. The molecular formula is C14H19Cl2NO. The lowest BCUT2D eigenvalue weighted by Crippen LogP contribution is -2.42. The van der Waals surface area contributed by atoms with Crippen molar-refractivity contribution in [1.82, 2.24) is 5.32 Å². The Labute approximate surface area is 119 Å². The Bertz CT molecular complexity index is 424. The van der Waals surface area contributed by atoms with E-state index in [1.165, 1.54) is 0 Å². The second kappa shape index (κ2) is 5.79. The Hall–Kier alpha value is -0.280. The van der Waals surface area contributed by atoms with Crippen LogP contribution in [0.2, 0.25) is 10.0 Å². The third-order valence-corrected chi connectivity index (χ3v) is 4.34.